The number of hydrogen-bond donors (Lipinski definition) is 1. The zero-order valence-electron chi connectivity index (χ0n) is 7.90. The lowest BCUT2D eigenvalue weighted by atomic mass is 10.2. The highest BCUT2D eigenvalue weighted by molar-refractivity contribution is 5.92. The maximum absolute atomic E-state index is 11.1. The number of rotatable bonds is 1. The molecule has 4 heteroatoms. The van der Waals surface area contributed by atoms with Crippen molar-refractivity contribution in [3.8, 4) is 0 Å². The molecule has 14 heavy (non-hydrogen) atoms. The minimum atomic E-state index is -0.470. The molecule has 0 radical (unpaired) electrons. The van der Waals surface area contributed by atoms with Gasteiger partial charge in [0.25, 0.3) is 0 Å². The fourth-order valence-corrected chi connectivity index (χ4v) is 1.61. The molecule has 2 N–H and O–H groups in total. The Morgan fingerprint density at radius 3 is 3.07 bits per heavy atom. The number of nitrogens with two attached hydrogens (primary N) is 1. The molecular weight excluding hydrogens is 178 g/mol. The molecule has 0 aromatic carbocycles. The molecular formula is C10H11N3O. The first kappa shape index (κ1) is 8.74. The lowest BCUT2D eigenvalue weighted by Gasteiger charge is -1.96. The molecule has 2 aromatic rings. The molecule has 0 unspecified atom stereocenters. The second-order valence-corrected chi connectivity index (χ2v) is 3.11. The molecule has 0 saturated heterocycles. The van der Waals surface area contributed by atoms with E-state index in [4.69, 9.17) is 5.73 Å². The van der Waals surface area contributed by atoms with Crippen LogP contribution in [-0.4, -0.2) is 15.6 Å². The van der Waals surface area contributed by atoms with E-state index >= 15 is 0 Å². The molecule has 0 atom stereocenters. The van der Waals surface area contributed by atoms with Gasteiger partial charge in [0.2, 0.25) is 0 Å². The molecule has 0 saturated carbocycles. The van der Waals surface area contributed by atoms with Crippen LogP contribution in [0.5, 0.6) is 0 Å². The third-order valence-electron chi connectivity index (χ3n) is 2.31. The Morgan fingerprint density at radius 1 is 1.64 bits per heavy atom. The first-order valence-electron chi connectivity index (χ1n) is 4.47. The first-order valence-corrected chi connectivity index (χ1v) is 4.47. The second kappa shape index (κ2) is 3.14. The molecule has 0 aliphatic heterocycles. The zero-order valence-corrected chi connectivity index (χ0v) is 7.90. The number of carbonyl (C=O) groups is 1. The Bertz CT molecular complexity index is 487. The van der Waals surface area contributed by atoms with Crippen molar-refractivity contribution in [1.82, 2.24) is 9.55 Å². The molecule has 4 nitrogen and oxygen atoms in total. The van der Waals surface area contributed by atoms with Gasteiger partial charge in [-0.3, -0.25) is 9.55 Å². The highest BCUT2D eigenvalue weighted by atomic mass is 16.2. The van der Waals surface area contributed by atoms with Gasteiger partial charge in [0.05, 0.1) is 11.7 Å². The molecule has 2 heterocycles. The van der Waals surface area contributed by atoms with Gasteiger partial charge in [0, 0.05) is 17.8 Å². The van der Waals surface area contributed by atoms with E-state index in [1.165, 1.54) is 4.57 Å². The smallest absolute Gasteiger partial charge is 0.323 e. The summed E-state index contributed by atoms with van der Waals surface area (Å²) < 4.78 is 1.43. The van der Waals surface area contributed by atoms with Crippen LogP contribution in [0.3, 0.4) is 0 Å². The van der Waals surface area contributed by atoms with Crippen molar-refractivity contribution in [2.75, 3.05) is 0 Å². The van der Waals surface area contributed by atoms with Crippen LogP contribution in [0.25, 0.3) is 10.9 Å². The van der Waals surface area contributed by atoms with Crippen molar-refractivity contribution in [2.45, 2.75) is 13.3 Å². The van der Waals surface area contributed by atoms with Crippen molar-refractivity contribution in [2.24, 2.45) is 5.73 Å². The van der Waals surface area contributed by atoms with Crippen LogP contribution < -0.4 is 5.73 Å². The topological polar surface area (TPSA) is 60.9 Å². The largest absolute Gasteiger partial charge is 0.351 e. The summed E-state index contributed by atoms with van der Waals surface area (Å²) in [5, 5.41) is 1.04. The standard InChI is InChI=1S/C10H11N3O/c1-2-7-6-13(10(11)14)9-5-12-4-3-8(7)9/h3-6H,2H2,1H3,(H2,11,14). The number of primary amides is 1. The maximum Gasteiger partial charge on any atom is 0.323 e. The van der Waals surface area contributed by atoms with E-state index in [-0.39, 0.29) is 0 Å². The fraction of sp³-hybridized carbons (Fsp3) is 0.200. The van der Waals surface area contributed by atoms with Crippen molar-refractivity contribution in [3.05, 3.63) is 30.2 Å². The van der Waals surface area contributed by atoms with Crippen LogP contribution in [0.4, 0.5) is 4.79 Å². The number of pyridine rings is 1. The normalized spacial score (nSPS) is 10.6. The quantitative estimate of drug-likeness (QED) is 0.739. The van der Waals surface area contributed by atoms with Gasteiger partial charge < -0.3 is 5.73 Å². The summed E-state index contributed by atoms with van der Waals surface area (Å²) in [4.78, 5) is 15.1. The number of amides is 1. The lowest BCUT2D eigenvalue weighted by molar-refractivity contribution is 0.251. The Labute approximate surface area is 81.3 Å². The number of aromatic nitrogens is 2. The van der Waals surface area contributed by atoms with Crippen LogP contribution >= 0.6 is 0 Å². The average molecular weight is 189 g/mol. The molecule has 0 aliphatic rings. The Morgan fingerprint density at radius 2 is 2.43 bits per heavy atom. The average Bonchev–Trinajstić information content (AvgIpc) is 2.56. The van der Waals surface area contributed by atoms with Crippen molar-refractivity contribution < 1.29 is 4.79 Å². The van der Waals surface area contributed by atoms with Gasteiger partial charge in [-0.25, -0.2) is 4.79 Å². The Kier molecular flexibility index (Phi) is 1.96. The summed E-state index contributed by atoms with van der Waals surface area (Å²) >= 11 is 0. The molecule has 0 aliphatic carbocycles. The van der Waals surface area contributed by atoms with Gasteiger partial charge in [0.15, 0.2) is 0 Å². The molecule has 2 rings (SSSR count). The van der Waals surface area contributed by atoms with Crippen LogP contribution in [0.1, 0.15) is 12.5 Å². The van der Waals surface area contributed by atoms with Gasteiger partial charge in [-0.1, -0.05) is 6.92 Å². The van der Waals surface area contributed by atoms with Gasteiger partial charge in [-0.2, -0.15) is 0 Å². The fourth-order valence-electron chi connectivity index (χ4n) is 1.61. The number of nitrogens with zero attached hydrogens (tertiary/aromatic N) is 2. The highest BCUT2D eigenvalue weighted by Crippen LogP contribution is 2.19. The van der Waals surface area contributed by atoms with E-state index in [1.807, 2.05) is 13.0 Å². The maximum atomic E-state index is 11.1. The molecule has 2 aromatic heterocycles. The monoisotopic (exact) mass is 189 g/mol. The minimum absolute atomic E-state index is 0.470. The number of carbonyl (C=O) groups excluding carboxylic acids is 1. The van der Waals surface area contributed by atoms with Crippen molar-refractivity contribution in [1.29, 1.82) is 0 Å². The lowest BCUT2D eigenvalue weighted by Crippen LogP contribution is -2.18. The summed E-state index contributed by atoms with van der Waals surface area (Å²) in [6, 6.07) is 1.43. The SMILES string of the molecule is CCc1cn(C(N)=O)c2cnccc12. The predicted octanol–water partition coefficient (Wildman–Crippen LogP) is 1.53. The zero-order chi connectivity index (χ0) is 10.1. The summed E-state index contributed by atoms with van der Waals surface area (Å²) in [6.45, 7) is 2.04. The molecule has 0 fully saturated rings. The second-order valence-electron chi connectivity index (χ2n) is 3.11. The number of aryl methyl sites for hydroxylation is 1. The van der Waals surface area contributed by atoms with E-state index < -0.39 is 6.03 Å². The molecule has 0 bridgehead atoms. The van der Waals surface area contributed by atoms with Crippen LogP contribution in [-0.2, 0) is 6.42 Å². The number of hydrogen-bond acceptors (Lipinski definition) is 2. The summed E-state index contributed by atoms with van der Waals surface area (Å²) in [5.74, 6) is 0. The third kappa shape index (κ3) is 1.16. The van der Waals surface area contributed by atoms with Crippen LogP contribution in [0, 0.1) is 0 Å². The molecule has 72 valence electrons. The van der Waals surface area contributed by atoms with E-state index in [1.54, 1.807) is 18.6 Å². The van der Waals surface area contributed by atoms with E-state index in [2.05, 4.69) is 4.98 Å². The number of fused-ring (bicyclic) bond motifs is 1. The molecule has 0 spiro atoms. The Balaban J connectivity index is 2.80. The summed E-state index contributed by atoms with van der Waals surface area (Å²) in [6.07, 6.45) is 6.02. The van der Waals surface area contributed by atoms with E-state index in [0.29, 0.717) is 0 Å². The minimum Gasteiger partial charge on any atom is -0.351 e. The third-order valence-corrected chi connectivity index (χ3v) is 2.31. The van der Waals surface area contributed by atoms with Gasteiger partial charge >= 0.3 is 6.03 Å². The van der Waals surface area contributed by atoms with Crippen LogP contribution in [0.2, 0.25) is 0 Å². The van der Waals surface area contributed by atoms with Gasteiger partial charge in [-0.15, -0.1) is 0 Å². The predicted molar refractivity (Wildman–Crippen MR) is 54.1 cm³/mol. The van der Waals surface area contributed by atoms with Crippen molar-refractivity contribution >= 4 is 16.9 Å². The highest BCUT2D eigenvalue weighted by Gasteiger charge is 2.09. The summed E-state index contributed by atoms with van der Waals surface area (Å²) in [5.41, 5.74) is 7.13. The van der Waals surface area contributed by atoms with Crippen LogP contribution in [0.15, 0.2) is 24.7 Å². The van der Waals surface area contributed by atoms with E-state index in [9.17, 15) is 4.79 Å². The summed E-state index contributed by atoms with van der Waals surface area (Å²) in [7, 11) is 0. The van der Waals surface area contributed by atoms with Gasteiger partial charge in [0.1, 0.15) is 0 Å². The van der Waals surface area contributed by atoms with Crippen molar-refractivity contribution in [3.63, 3.8) is 0 Å². The first-order chi connectivity index (χ1) is 6.74. The molecule has 1 amide bonds. The Hall–Kier alpha value is -1.84. The van der Waals surface area contributed by atoms with Gasteiger partial charge in [-0.05, 0) is 18.1 Å². The van der Waals surface area contributed by atoms with E-state index in [0.717, 1.165) is 22.9 Å².